The normalized spacial score (nSPS) is 14.8. The van der Waals surface area contributed by atoms with Crippen LogP contribution in [0.3, 0.4) is 0 Å². The number of carboxylic acids is 1. The number of pyridine rings is 1. The minimum Gasteiger partial charge on any atom is -0.476 e. The van der Waals surface area contributed by atoms with Crippen molar-refractivity contribution in [2.45, 2.75) is 9.96 Å². The molecule has 25 heavy (non-hydrogen) atoms. The summed E-state index contributed by atoms with van der Waals surface area (Å²) < 4.78 is 27.8. The van der Waals surface area contributed by atoms with Crippen LogP contribution in [0.15, 0.2) is 38.8 Å². The van der Waals surface area contributed by atoms with Gasteiger partial charge in [-0.25, -0.2) is 17.9 Å². The molecule has 10 heteroatoms. The van der Waals surface area contributed by atoms with Gasteiger partial charge in [0, 0.05) is 30.4 Å². The molecule has 0 unspecified atom stereocenters. The number of fused-ring (bicyclic) bond motifs is 3. The van der Waals surface area contributed by atoms with Crippen LogP contribution in [-0.4, -0.2) is 33.8 Å². The van der Waals surface area contributed by atoms with Gasteiger partial charge in [-0.05, 0) is 17.5 Å². The zero-order valence-electron chi connectivity index (χ0n) is 12.8. The zero-order chi connectivity index (χ0) is 17.9. The van der Waals surface area contributed by atoms with E-state index in [1.165, 1.54) is 27.6 Å². The van der Waals surface area contributed by atoms with Crippen molar-refractivity contribution in [1.29, 1.82) is 0 Å². The van der Waals surface area contributed by atoms with Gasteiger partial charge in [-0.15, -0.1) is 11.3 Å². The van der Waals surface area contributed by atoms with E-state index in [4.69, 9.17) is 0 Å². The summed E-state index contributed by atoms with van der Waals surface area (Å²) in [6.07, 6.45) is 1.52. The van der Waals surface area contributed by atoms with Crippen molar-refractivity contribution in [2.75, 3.05) is 0 Å². The lowest BCUT2D eigenvalue weighted by molar-refractivity contribution is 0.0689. The molecule has 0 atom stereocenters. The van der Waals surface area contributed by atoms with E-state index in [9.17, 15) is 23.1 Å². The van der Waals surface area contributed by atoms with Crippen molar-refractivity contribution in [3.63, 3.8) is 0 Å². The fourth-order valence-corrected chi connectivity index (χ4v) is 5.73. The van der Waals surface area contributed by atoms with Gasteiger partial charge in [0.25, 0.3) is 0 Å². The quantitative estimate of drug-likeness (QED) is 0.720. The number of aromatic carboxylic acids is 1. The van der Waals surface area contributed by atoms with E-state index in [1.54, 1.807) is 18.5 Å². The molecule has 4 rings (SSSR count). The second kappa shape index (κ2) is 5.14. The lowest BCUT2D eigenvalue weighted by atomic mass is 10.1. The number of hydrogen-bond donors (Lipinski definition) is 1. The Balaban J connectivity index is 2.09. The van der Waals surface area contributed by atoms with E-state index >= 15 is 0 Å². The minimum atomic E-state index is -3.61. The number of nitrogens with zero attached hydrogens (tertiary/aromatic N) is 3. The van der Waals surface area contributed by atoms with Crippen LogP contribution >= 0.6 is 11.3 Å². The van der Waals surface area contributed by atoms with Crippen LogP contribution in [0.25, 0.3) is 16.9 Å². The third-order valence-electron chi connectivity index (χ3n) is 4.00. The van der Waals surface area contributed by atoms with Crippen molar-refractivity contribution < 1.29 is 18.3 Å². The summed E-state index contributed by atoms with van der Waals surface area (Å²) in [7, 11) is -2.04. The number of sulfone groups is 1. The molecule has 0 amide bonds. The molecule has 1 aliphatic rings. The summed E-state index contributed by atoms with van der Waals surface area (Å²) in [5.41, 5.74) is 0.975. The average molecular weight is 377 g/mol. The van der Waals surface area contributed by atoms with Crippen LogP contribution in [0.5, 0.6) is 0 Å². The summed E-state index contributed by atoms with van der Waals surface area (Å²) in [6.45, 7) is 0. The lowest BCUT2D eigenvalue weighted by Crippen LogP contribution is -2.16. The fourth-order valence-electron chi connectivity index (χ4n) is 2.89. The van der Waals surface area contributed by atoms with Gasteiger partial charge in [0.15, 0.2) is 15.5 Å². The van der Waals surface area contributed by atoms with Crippen LogP contribution in [0.1, 0.15) is 16.1 Å². The first-order valence-electron chi connectivity index (χ1n) is 7.12. The molecule has 1 N–H and O–H groups in total. The van der Waals surface area contributed by atoms with Gasteiger partial charge in [0.05, 0.1) is 17.1 Å². The number of thiophene rings is 1. The topological polar surface area (TPSA) is 111 Å². The number of aromatic nitrogens is 3. The Morgan fingerprint density at radius 3 is 2.76 bits per heavy atom. The number of hydrogen-bond acceptors (Lipinski definition) is 6. The highest BCUT2D eigenvalue weighted by molar-refractivity contribution is 7.93. The van der Waals surface area contributed by atoms with Crippen molar-refractivity contribution in [2.24, 2.45) is 7.05 Å². The van der Waals surface area contributed by atoms with Crippen LogP contribution in [0.2, 0.25) is 0 Å². The highest BCUT2D eigenvalue weighted by Crippen LogP contribution is 2.43. The van der Waals surface area contributed by atoms with E-state index in [-0.39, 0.29) is 21.0 Å². The Hall–Kier alpha value is -2.72. The Morgan fingerprint density at radius 2 is 2.08 bits per heavy atom. The smallest absolute Gasteiger partial charge is 0.356 e. The molecule has 0 saturated heterocycles. The first kappa shape index (κ1) is 15.8. The Kier molecular flexibility index (Phi) is 3.24. The molecule has 0 aliphatic carbocycles. The second-order valence-corrected chi connectivity index (χ2v) is 8.71. The Labute approximate surface area is 145 Å². The number of aryl methyl sites for hydroxylation is 1. The maximum atomic E-state index is 12.5. The molecule has 128 valence electrons. The average Bonchev–Trinajstić information content (AvgIpc) is 3.14. The van der Waals surface area contributed by atoms with Gasteiger partial charge in [0.2, 0.25) is 5.56 Å². The van der Waals surface area contributed by atoms with Gasteiger partial charge in [-0.3, -0.25) is 4.79 Å². The predicted molar refractivity (Wildman–Crippen MR) is 90.0 cm³/mol. The van der Waals surface area contributed by atoms with Crippen molar-refractivity contribution >= 4 is 27.1 Å². The maximum Gasteiger partial charge on any atom is 0.356 e. The summed E-state index contributed by atoms with van der Waals surface area (Å²) >= 11 is 1.09. The summed E-state index contributed by atoms with van der Waals surface area (Å²) in [5, 5.41) is 15.2. The molecule has 0 fully saturated rings. The Bertz CT molecular complexity index is 1200. The van der Waals surface area contributed by atoms with Gasteiger partial charge >= 0.3 is 5.97 Å². The van der Waals surface area contributed by atoms with E-state index in [0.717, 1.165) is 11.3 Å². The highest BCUT2D eigenvalue weighted by atomic mass is 32.2. The molecular weight excluding hydrogens is 366 g/mol. The van der Waals surface area contributed by atoms with Crippen LogP contribution in [-0.2, 0) is 22.6 Å². The maximum absolute atomic E-state index is 12.5. The van der Waals surface area contributed by atoms with Gasteiger partial charge < -0.3 is 9.67 Å². The Morgan fingerprint density at radius 1 is 1.32 bits per heavy atom. The summed E-state index contributed by atoms with van der Waals surface area (Å²) in [6, 6.07) is 4.51. The van der Waals surface area contributed by atoms with E-state index in [1.807, 2.05) is 0 Å². The summed E-state index contributed by atoms with van der Waals surface area (Å²) in [4.78, 5) is 23.2. The SMILES string of the molecule is Cn1cc(-n2nc(C(=O)O)c3c2-c2ccsc2S(=O)(=O)C3)ccc1=O. The molecule has 8 nitrogen and oxygen atoms in total. The van der Waals surface area contributed by atoms with Crippen LogP contribution in [0.4, 0.5) is 0 Å². The second-order valence-electron chi connectivity index (χ2n) is 5.61. The van der Waals surface area contributed by atoms with Gasteiger partial charge in [0.1, 0.15) is 4.21 Å². The summed E-state index contributed by atoms with van der Waals surface area (Å²) in [5.74, 6) is -1.71. The van der Waals surface area contributed by atoms with Crippen LogP contribution in [0, 0.1) is 0 Å². The molecule has 4 heterocycles. The molecule has 3 aromatic heterocycles. The molecular formula is C15H11N3O5S2. The number of carbonyl (C=O) groups is 1. The first-order valence-corrected chi connectivity index (χ1v) is 9.65. The third-order valence-corrected chi connectivity index (χ3v) is 7.21. The minimum absolute atomic E-state index is 0.159. The first-order chi connectivity index (χ1) is 11.8. The monoisotopic (exact) mass is 377 g/mol. The molecule has 0 spiro atoms. The van der Waals surface area contributed by atoms with Gasteiger partial charge in [-0.2, -0.15) is 5.10 Å². The van der Waals surface area contributed by atoms with Crippen molar-refractivity contribution in [3.8, 4) is 16.9 Å². The zero-order valence-corrected chi connectivity index (χ0v) is 14.5. The lowest BCUT2D eigenvalue weighted by Gasteiger charge is -2.15. The molecule has 1 aliphatic heterocycles. The molecule has 0 saturated carbocycles. The largest absolute Gasteiger partial charge is 0.476 e. The standard InChI is InChI=1S/C15H11N3O5S2/c1-17-6-8(2-3-11(17)19)18-13-9-4-5-24-15(9)25(22,23)7-10(13)12(16-18)14(20)21/h2-6H,7H2,1H3,(H,20,21). The van der Waals surface area contributed by atoms with E-state index in [2.05, 4.69) is 5.10 Å². The van der Waals surface area contributed by atoms with E-state index in [0.29, 0.717) is 16.9 Å². The van der Waals surface area contributed by atoms with Crippen molar-refractivity contribution in [1.82, 2.24) is 14.3 Å². The third kappa shape index (κ3) is 2.25. The molecule has 0 aromatic carbocycles. The van der Waals surface area contributed by atoms with Gasteiger partial charge in [-0.1, -0.05) is 0 Å². The fraction of sp³-hybridized carbons (Fsp3) is 0.133. The number of rotatable bonds is 2. The predicted octanol–water partition coefficient (Wildman–Crippen LogP) is 1.29. The molecule has 3 aromatic rings. The molecule has 0 bridgehead atoms. The molecule has 0 radical (unpaired) electrons. The van der Waals surface area contributed by atoms with Crippen LogP contribution < -0.4 is 5.56 Å². The van der Waals surface area contributed by atoms with E-state index < -0.39 is 21.6 Å². The highest BCUT2D eigenvalue weighted by Gasteiger charge is 2.37. The van der Waals surface area contributed by atoms with Crippen molar-refractivity contribution in [3.05, 3.63) is 51.4 Å². The number of carboxylic acid groups (broad SMARTS) is 1.